The second-order valence-corrected chi connectivity index (χ2v) is 8.34. The minimum Gasteiger partial charge on any atom is -0.494 e. The van der Waals surface area contributed by atoms with Gasteiger partial charge in [-0.3, -0.25) is 9.10 Å². The normalized spacial score (nSPS) is 11.3. The van der Waals surface area contributed by atoms with Crippen molar-refractivity contribution in [1.82, 2.24) is 5.32 Å². The summed E-state index contributed by atoms with van der Waals surface area (Å²) in [6.07, 6.45) is 0. The summed E-state index contributed by atoms with van der Waals surface area (Å²) in [4.78, 5) is 12.4. The summed E-state index contributed by atoms with van der Waals surface area (Å²) in [5.41, 5.74) is 1.36. The highest BCUT2D eigenvalue weighted by molar-refractivity contribution is 7.92. The first-order valence-electron chi connectivity index (χ1n) is 8.85. The third-order valence-electron chi connectivity index (χ3n) is 3.78. The van der Waals surface area contributed by atoms with E-state index in [-0.39, 0.29) is 23.4 Å². The SMILES string of the molecule is CCOc1ccc(N(CC(=O)NC(C)C)S(=O)(=O)c2ccc(C)cc2)cc1. The Morgan fingerprint density at radius 3 is 2.19 bits per heavy atom. The fourth-order valence-corrected chi connectivity index (χ4v) is 3.95. The van der Waals surface area contributed by atoms with Crippen molar-refractivity contribution in [3.63, 3.8) is 0 Å². The fraction of sp³-hybridized carbons (Fsp3) is 0.350. The molecule has 0 aliphatic heterocycles. The second-order valence-electron chi connectivity index (χ2n) is 6.47. The minimum absolute atomic E-state index is 0.0817. The highest BCUT2D eigenvalue weighted by Gasteiger charge is 2.27. The molecule has 1 N–H and O–H groups in total. The predicted octanol–water partition coefficient (Wildman–Crippen LogP) is 3.11. The van der Waals surface area contributed by atoms with Crippen LogP contribution < -0.4 is 14.4 Å². The van der Waals surface area contributed by atoms with Gasteiger partial charge in [0, 0.05) is 6.04 Å². The van der Waals surface area contributed by atoms with Crippen molar-refractivity contribution in [3.8, 4) is 5.75 Å². The van der Waals surface area contributed by atoms with Crippen molar-refractivity contribution in [2.45, 2.75) is 38.6 Å². The molecule has 7 heteroatoms. The summed E-state index contributed by atoms with van der Waals surface area (Å²) in [7, 11) is -3.90. The smallest absolute Gasteiger partial charge is 0.264 e. The van der Waals surface area contributed by atoms with E-state index in [0.717, 1.165) is 9.87 Å². The van der Waals surface area contributed by atoms with Gasteiger partial charge in [0.25, 0.3) is 10.0 Å². The molecule has 1 amide bonds. The highest BCUT2D eigenvalue weighted by atomic mass is 32.2. The summed E-state index contributed by atoms with van der Waals surface area (Å²) in [5.74, 6) is 0.273. The second kappa shape index (κ2) is 8.90. The number of sulfonamides is 1. The first-order valence-corrected chi connectivity index (χ1v) is 10.3. The Bertz CT molecular complexity index is 860. The van der Waals surface area contributed by atoms with Crippen molar-refractivity contribution < 1.29 is 17.9 Å². The molecule has 0 atom stereocenters. The van der Waals surface area contributed by atoms with Crippen molar-refractivity contribution >= 4 is 21.6 Å². The molecule has 2 aromatic rings. The Balaban J connectivity index is 2.42. The minimum atomic E-state index is -3.90. The van der Waals surface area contributed by atoms with E-state index in [1.807, 2.05) is 27.7 Å². The molecule has 2 rings (SSSR count). The van der Waals surface area contributed by atoms with E-state index < -0.39 is 10.0 Å². The van der Waals surface area contributed by atoms with Gasteiger partial charge >= 0.3 is 0 Å². The molecule has 0 spiro atoms. The first kappa shape index (κ1) is 20.8. The van der Waals surface area contributed by atoms with Gasteiger partial charge in [0.2, 0.25) is 5.91 Å². The number of hydrogen-bond acceptors (Lipinski definition) is 4. The molecular weight excluding hydrogens is 364 g/mol. The number of amides is 1. The summed E-state index contributed by atoms with van der Waals surface area (Å²) >= 11 is 0. The molecule has 0 saturated heterocycles. The number of anilines is 1. The molecule has 0 heterocycles. The molecule has 0 aromatic heterocycles. The Morgan fingerprint density at radius 1 is 1.07 bits per heavy atom. The maximum Gasteiger partial charge on any atom is 0.264 e. The zero-order valence-electron chi connectivity index (χ0n) is 16.1. The van der Waals surface area contributed by atoms with Gasteiger partial charge < -0.3 is 10.1 Å². The van der Waals surface area contributed by atoms with E-state index >= 15 is 0 Å². The predicted molar refractivity (Wildman–Crippen MR) is 107 cm³/mol. The van der Waals surface area contributed by atoms with Crippen LogP contribution in [0.1, 0.15) is 26.3 Å². The van der Waals surface area contributed by atoms with Crippen LogP contribution in [0.4, 0.5) is 5.69 Å². The summed E-state index contributed by atoms with van der Waals surface area (Å²) in [6, 6.07) is 13.1. The quantitative estimate of drug-likeness (QED) is 0.751. The number of carbonyl (C=O) groups excluding carboxylic acids is 1. The average molecular weight is 391 g/mol. The lowest BCUT2D eigenvalue weighted by Crippen LogP contribution is -2.42. The molecule has 27 heavy (non-hydrogen) atoms. The molecule has 0 fully saturated rings. The van der Waals surface area contributed by atoms with Gasteiger partial charge in [0.15, 0.2) is 0 Å². The number of nitrogens with zero attached hydrogens (tertiary/aromatic N) is 1. The van der Waals surface area contributed by atoms with Crippen LogP contribution >= 0.6 is 0 Å². The standard InChI is InChI=1S/C20H26N2O4S/c1-5-26-18-10-8-17(9-11-18)22(14-20(23)21-15(2)3)27(24,25)19-12-6-16(4)7-13-19/h6-13,15H,5,14H2,1-4H3,(H,21,23). The topological polar surface area (TPSA) is 75.7 Å². The van der Waals surface area contributed by atoms with E-state index in [4.69, 9.17) is 4.74 Å². The lowest BCUT2D eigenvalue weighted by molar-refractivity contribution is -0.120. The van der Waals surface area contributed by atoms with E-state index in [2.05, 4.69) is 5.32 Å². The zero-order valence-corrected chi connectivity index (χ0v) is 16.9. The lowest BCUT2D eigenvalue weighted by atomic mass is 10.2. The Hall–Kier alpha value is -2.54. The zero-order chi connectivity index (χ0) is 20.0. The summed E-state index contributed by atoms with van der Waals surface area (Å²) in [6.45, 7) is 7.63. The van der Waals surface area contributed by atoms with E-state index in [9.17, 15) is 13.2 Å². The fourth-order valence-electron chi connectivity index (χ4n) is 2.53. The molecule has 0 radical (unpaired) electrons. The van der Waals surface area contributed by atoms with E-state index in [1.54, 1.807) is 48.5 Å². The summed E-state index contributed by atoms with van der Waals surface area (Å²) in [5, 5.41) is 2.74. The maximum atomic E-state index is 13.2. The van der Waals surface area contributed by atoms with Crippen LogP contribution in [0, 0.1) is 6.92 Å². The highest BCUT2D eigenvalue weighted by Crippen LogP contribution is 2.26. The molecule has 2 aromatic carbocycles. The van der Waals surface area contributed by atoms with Crippen LogP contribution in [0.25, 0.3) is 0 Å². The van der Waals surface area contributed by atoms with Crippen LogP contribution in [0.2, 0.25) is 0 Å². The van der Waals surface area contributed by atoms with Crippen molar-refractivity contribution in [3.05, 3.63) is 54.1 Å². The van der Waals surface area contributed by atoms with Gasteiger partial charge in [-0.25, -0.2) is 8.42 Å². The molecule has 0 aliphatic rings. The Kier molecular flexibility index (Phi) is 6.85. The third-order valence-corrected chi connectivity index (χ3v) is 5.57. The number of carbonyl (C=O) groups is 1. The van der Waals surface area contributed by atoms with Gasteiger partial charge in [0.1, 0.15) is 12.3 Å². The Morgan fingerprint density at radius 2 is 1.67 bits per heavy atom. The molecule has 0 unspecified atom stereocenters. The van der Waals surface area contributed by atoms with Gasteiger partial charge in [0.05, 0.1) is 17.2 Å². The van der Waals surface area contributed by atoms with Crippen molar-refractivity contribution in [2.24, 2.45) is 0 Å². The van der Waals surface area contributed by atoms with Crippen molar-refractivity contribution in [2.75, 3.05) is 17.5 Å². The molecule has 0 aliphatic carbocycles. The number of nitrogens with one attached hydrogen (secondary N) is 1. The number of rotatable bonds is 8. The van der Waals surface area contributed by atoms with Gasteiger partial charge in [-0.2, -0.15) is 0 Å². The van der Waals surface area contributed by atoms with Crippen LogP contribution in [0.15, 0.2) is 53.4 Å². The number of hydrogen-bond donors (Lipinski definition) is 1. The molecule has 146 valence electrons. The number of ether oxygens (including phenoxy) is 1. The molecular formula is C20H26N2O4S. The largest absolute Gasteiger partial charge is 0.494 e. The van der Waals surface area contributed by atoms with Crippen molar-refractivity contribution in [1.29, 1.82) is 0 Å². The third kappa shape index (κ3) is 5.47. The Labute approximate surface area is 161 Å². The van der Waals surface area contributed by atoms with Crippen LogP contribution in [-0.2, 0) is 14.8 Å². The first-order chi connectivity index (χ1) is 12.7. The summed E-state index contributed by atoms with van der Waals surface area (Å²) < 4.78 is 32.9. The van der Waals surface area contributed by atoms with Crippen LogP contribution in [0.5, 0.6) is 5.75 Å². The van der Waals surface area contributed by atoms with Crippen LogP contribution in [-0.4, -0.2) is 33.5 Å². The monoisotopic (exact) mass is 390 g/mol. The average Bonchev–Trinajstić information content (AvgIpc) is 2.60. The van der Waals surface area contributed by atoms with Crippen LogP contribution in [0.3, 0.4) is 0 Å². The number of benzene rings is 2. The molecule has 0 bridgehead atoms. The van der Waals surface area contributed by atoms with E-state index in [0.29, 0.717) is 18.0 Å². The lowest BCUT2D eigenvalue weighted by Gasteiger charge is -2.25. The number of aryl methyl sites for hydroxylation is 1. The van der Waals surface area contributed by atoms with Gasteiger partial charge in [-0.15, -0.1) is 0 Å². The maximum absolute atomic E-state index is 13.2. The molecule has 6 nitrogen and oxygen atoms in total. The van der Waals surface area contributed by atoms with Gasteiger partial charge in [-0.05, 0) is 64.1 Å². The van der Waals surface area contributed by atoms with E-state index in [1.165, 1.54) is 0 Å². The molecule has 0 saturated carbocycles. The van der Waals surface area contributed by atoms with Gasteiger partial charge in [-0.1, -0.05) is 17.7 Å².